The SMILES string of the molecule is COCCOc1ccccc1C(O)C1CCOC1. The normalized spacial score (nSPS) is 20.9. The first kappa shape index (κ1) is 13.3. The van der Waals surface area contributed by atoms with Gasteiger partial charge in [0.2, 0.25) is 0 Å². The molecule has 18 heavy (non-hydrogen) atoms. The Morgan fingerprint density at radius 2 is 2.22 bits per heavy atom. The second-order valence-corrected chi connectivity index (χ2v) is 4.45. The molecular formula is C14H20O4. The van der Waals surface area contributed by atoms with E-state index in [1.54, 1.807) is 7.11 Å². The summed E-state index contributed by atoms with van der Waals surface area (Å²) in [6.07, 6.45) is 0.374. The van der Waals surface area contributed by atoms with Crippen LogP contribution in [0.3, 0.4) is 0 Å². The molecule has 1 fully saturated rings. The molecule has 2 atom stereocenters. The number of para-hydroxylation sites is 1. The number of aliphatic hydroxyl groups excluding tert-OH is 1. The van der Waals surface area contributed by atoms with E-state index < -0.39 is 6.10 Å². The van der Waals surface area contributed by atoms with Crippen LogP contribution in [-0.2, 0) is 9.47 Å². The highest BCUT2D eigenvalue weighted by molar-refractivity contribution is 5.35. The minimum absolute atomic E-state index is 0.164. The molecule has 1 aromatic carbocycles. The zero-order valence-corrected chi connectivity index (χ0v) is 10.7. The van der Waals surface area contributed by atoms with Gasteiger partial charge in [-0.1, -0.05) is 18.2 Å². The van der Waals surface area contributed by atoms with Gasteiger partial charge in [0.05, 0.1) is 19.3 Å². The average Bonchev–Trinajstić information content (AvgIpc) is 2.93. The number of hydrogen-bond donors (Lipinski definition) is 1. The van der Waals surface area contributed by atoms with Crippen molar-refractivity contribution in [1.82, 2.24) is 0 Å². The van der Waals surface area contributed by atoms with Gasteiger partial charge in [-0.25, -0.2) is 0 Å². The van der Waals surface area contributed by atoms with Crippen molar-refractivity contribution in [2.45, 2.75) is 12.5 Å². The van der Waals surface area contributed by atoms with E-state index in [4.69, 9.17) is 14.2 Å². The van der Waals surface area contributed by atoms with Gasteiger partial charge in [0.1, 0.15) is 12.4 Å². The van der Waals surface area contributed by atoms with Crippen LogP contribution in [-0.4, -0.2) is 38.6 Å². The summed E-state index contributed by atoms with van der Waals surface area (Å²) >= 11 is 0. The van der Waals surface area contributed by atoms with Crippen LogP contribution in [0.25, 0.3) is 0 Å². The Balaban J connectivity index is 2.05. The largest absolute Gasteiger partial charge is 0.491 e. The lowest BCUT2D eigenvalue weighted by Crippen LogP contribution is -2.14. The Morgan fingerprint density at radius 3 is 2.94 bits per heavy atom. The summed E-state index contributed by atoms with van der Waals surface area (Å²) < 4.78 is 15.9. The van der Waals surface area contributed by atoms with Crippen LogP contribution in [0, 0.1) is 5.92 Å². The third-order valence-electron chi connectivity index (χ3n) is 3.19. The van der Waals surface area contributed by atoms with Crippen LogP contribution < -0.4 is 4.74 Å². The van der Waals surface area contributed by atoms with E-state index >= 15 is 0 Å². The third kappa shape index (κ3) is 3.22. The fourth-order valence-electron chi connectivity index (χ4n) is 2.15. The molecule has 4 nitrogen and oxygen atoms in total. The summed E-state index contributed by atoms with van der Waals surface area (Å²) in [7, 11) is 1.64. The highest BCUT2D eigenvalue weighted by atomic mass is 16.5. The summed E-state index contributed by atoms with van der Waals surface area (Å²) in [4.78, 5) is 0. The molecule has 0 aliphatic carbocycles. The zero-order valence-electron chi connectivity index (χ0n) is 10.7. The van der Waals surface area contributed by atoms with Crippen LogP contribution in [0.5, 0.6) is 5.75 Å². The quantitative estimate of drug-likeness (QED) is 0.784. The van der Waals surface area contributed by atoms with Gasteiger partial charge in [-0.15, -0.1) is 0 Å². The fourth-order valence-corrected chi connectivity index (χ4v) is 2.15. The Labute approximate surface area is 107 Å². The molecule has 2 unspecified atom stereocenters. The Kier molecular flexibility index (Phi) is 4.99. The molecular weight excluding hydrogens is 232 g/mol. The van der Waals surface area contributed by atoms with Gasteiger partial charge < -0.3 is 19.3 Å². The van der Waals surface area contributed by atoms with Crippen molar-refractivity contribution in [3.63, 3.8) is 0 Å². The molecule has 2 rings (SSSR count). The Hall–Kier alpha value is -1.10. The second-order valence-electron chi connectivity index (χ2n) is 4.45. The van der Waals surface area contributed by atoms with Gasteiger partial charge in [-0.2, -0.15) is 0 Å². The van der Waals surface area contributed by atoms with Crippen molar-refractivity contribution in [2.75, 3.05) is 33.5 Å². The molecule has 0 aromatic heterocycles. The maximum absolute atomic E-state index is 10.4. The van der Waals surface area contributed by atoms with Crippen LogP contribution in [0.1, 0.15) is 18.1 Å². The maximum atomic E-state index is 10.4. The zero-order chi connectivity index (χ0) is 12.8. The smallest absolute Gasteiger partial charge is 0.125 e. The van der Waals surface area contributed by atoms with Gasteiger partial charge in [0.15, 0.2) is 0 Å². The van der Waals surface area contributed by atoms with E-state index in [2.05, 4.69) is 0 Å². The average molecular weight is 252 g/mol. The molecule has 0 radical (unpaired) electrons. The molecule has 0 saturated carbocycles. The highest BCUT2D eigenvalue weighted by Crippen LogP contribution is 2.33. The van der Waals surface area contributed by atoms with Crippen LogP contribution in [0.2, 0.25) is 0 Å². The van der Waals surface area contributed by atoms with Crippen molar-refractivity contribution in [3.8, 4) is 5.75 Å². The van der Waals surface area contributed by atoms with Gasteiger partial charge in [-0.3, -0.25) is 0 Å². The molecule has 0 spiro atoms. The van der Waals surface area contributed by atoms with E-state index in [9.17, 15) is 5.11 Å². The van der Waals surface area contributed by atoms with E-state index in [-0.39, 0.29) is 5.92 Å². The maximum Gasteiger partial charge on any atom is 0.125 e. The first-order valence-corrected chi connectivity index (χ1v) is 6.29. The molecule has 1 N–H and O–H groups in total. The van der Waals surface area contributed by atoms with Crippen molar-refractivity contribution in [2.24, 2.45) is 5.92 Å². The van der Waals surface area contributed by atoms with Crippen LogP contribution >= 0.6 is 0 Å². The predicted molar refractivity (Wildman–Crippen MR) is 67.7 cm³/mol. The van der Waals surface area contributed by atoms with Gasteiger partial charge in [-0.05, 0) is 12.5 Å². The van der Waals surface area contributed by atoms with E-state index in [1.165, 1.54) is 0 Å². The van der Waals surface area contributed by atoms with E-state index in [0.29, 0.717) is 19.8 Å². The van der Waals surface area contributed by atoms with Gasteiger partial charge in [0, 0.05) is 25.2 Å². The number of benzene rings is 1. The van der Waals surface area contributed by atoms with Crippen molar-refractivity contribution in [1.29, 1.82) is 0 Å². The van der Waals surface area contributed by atoms with E-state index in [0.717, 1.165) is 24.3 Å². The van der Waals surface area contributed by atoms with Crippen molar-refractivity contribution in [3.05, 3.63) is 29.8 Å². The lowest BCUT2D eigenvalue weighted by atomic mass is 9.94. The molecule has 1 aliphatic heterocycles. The summed E-state index contributed by atoms with van der Waals surface area (Å²) in [6, 6.07) is 7.61. The molecule has 100 valence electrons. The third-order valence-corrected chi connectivity index (χ3v) is 3.19. The molecule has 1 aliphatic rings. The van der Waals surface area contributed by atoms with E-state index in [1.807, 2.05) is 24.3 Å². The fraction of sp³-hybridized carbons (Fsp3) is 0.571. The van der Waals surface area contributed by atoms with Crippen LogP contribution in [0.15, 0.2) is 24.3 Å². The van der Waals surface area contributed by atoms with Crippen LogP contribution in [0.4, 0.5) is 0 Å². The predicted octanol–water partition coefficient (Wildman–Crippen LogP) is 1.78. The monoisotopic (exact) mass is 252 g/mol. The number of aliphatic hydroxyl groups is 1. The number of methoxy groups -OCH3 is 1. The summed E-state index contributed by atoms with van der Waals surface area (Å²) in [6.45, 7) is 2.38. The topological polar surface area (TPSA) is 47.9 Å². The molecule has 0 bridgehead atoms. The van der Waals surface area contributed by atoms with Gasteiger partial charge in [0.25, 0.3) is 0 Å². The summed E-state index contributed by atoms with van der Waals surface area (Å²) in [5, 5.41) is 10.4. The van der Waals surface area contributed by atoms with Crippen molar-refractivity contribution < 1.29 is 19.3 Å². The molecule has 1 aromatic rings. The Morgan fingerprint density at radius 1 is 1.39 bits per heavy atom. The number of ether oxygens (including phenoxy) is 3. The molecule has 0 amide bonds. The first-order chi connectivity index (χ1) is 8.83. The first-order valence-electron chi connectivity index (χ1n) is 6.29. The Bertz CT molecular complexity index is 361. The number of hydrogen-bond acceptors (Lipinski definition) is 4. The lowest BCUT2D eigenvalue weighted by molar-refractivity contribution is 0.0869. The van der Waals surface area contributed by atoms with Crippen molar-refractivity contribution >= 4 is 0 Å². The lowest BCUT2D eigenvalue weighted by Gasteiger charge is -2.20. The minimum atomic E-state index is -0.522. The standard InChI is InChI=1S/C14H20O4/c1-16-8-9-18-13-5-3-2-4-12(13)14(15)11-6-7-17-10-11/h2-5,11,14-15H,6-10H2,1H3. The minimum Gasteiger partial charge on any atom is -0.491 e. The summed E-state index contributed by atoms with van der Waals surface area (Å²) in [5.41, 5.74) is 0.837. The second kappa shape index (κ2) is 6.73. The molecule has 4 heteroatoms. The molecule has 1 heterocycles. The molecule has 1 saturated heterocycles. The number of rotatable bonds is 6. The summed E-state index contributed by atoms with van der Waals surface area (Å²) in [5.74, 6) is 0.895. The van der Waals surface area contributed by atoms with Gasteiger partial charge >= 0.3 is 0 Å². The highest BCUT2D eigenvalue weighted by Gasteiger charge is 2.27.